The molecule has 1 rings (SSSR count). The van der Waals surface area contributed by atoms with Crippen LogP contribution < -0.4 is 10.6 Å². The SMILES string of the molecule is CCNC(=S)NCCCn1nccc1C. The van der Waals surface area contributed by atoms with Crippen LogP contribution >= 0.6 is 12.2 Å². The minimum Gasteiger partial charge on any atom is -0.363 e. The lowest BCUT2D eigenvalue weighted by molar-refractivity contribution is 0.559. The Balaban J connectivity index is 2.12. The lowest BCUT2D eigenvalue weighted by atomic mass is 10.4. The van der Waals surface area contributed by atoms with Crippen LogP contribution in [-0.2, 0) is 6.54 Å². The Morgan fingerprint density at radius 2 is 2.33 bits per heavy atom. The lowest BCUT2D eigenvalue weighted by Gasteiger charge is -2.09. The molecule has 0 aliphatic carbocycles. The van der Waals surface area contributed by atoms with Crippen molar-refractivity contribution in [1.82, 2.24) is 20.4 Å². The molecule has 0 atom stereocenters. The number of nitrogens with one attached hydrogen (secondary N) is 2. The summed E-state index contributed by atoms with van der Waals surface area (Å²) in [6, 6.07) is 2.01. The number of aromatic nitrogens is 2. The van der Waals surface area contributed by atoms with Gasteiger partial charge in [-0.25, -0.2) is 0 Å². The number of thiocarbonyl (C=S) groups is 1. The van der Waals surface area contributed by atoms with E-state index in [1.165, 1.54) is 5.69 Å². The highest BCUT2D eigenvalue weighted by molar-refractivity contribution is 7.80. The van der Waals surface area contributed by atoms with Crippen LogP contribution in [0.3, 0.4) is 0 Å². The van der Waals surface area contributed by atoms with E-state index in [1.807, 2.05) is 23.9 Å². The van der Waals surface area contributed by atoms with Crippen LogP contribution in [0.4, 0.5) is 0 Å². The van der Waals surface area contributed by atoms with Crippen molar-refractivity contribution in [3.05, 3.63) is 18.0 Å². The van der Waals surface area contributed by atoms with Gasteiger partial charge in [-0.2, -0.15) is 5.10 Å². The molecule has 0 saturated carbocycles. The molecule has 0 spiro atoms. The molecule has 0 radical (unpaired) electrons. The molecule has 1 aromatic rings. The van der Waals surface area contributed by atoms with E-state index in [9.17, 15) is 0 Å². The third kappa shape index (κ3) is 4.29. The molecular weight excluding hydrogens is 208 g/mol. The maximum atomic E-state index is 5.05. The van der Waals surface area contributed by atoms with Gasteiger partial charge in [0.05, 0.1) is 0 Å². The van der Waals surface area contributed by atoms with E-state index in [0.717, 1.165) is 31.2 Å². The van der Waals surface area contributed by atoms with Crippen molar-refractivity contribution in [2.24, 2.45) is 0 Å². The molecule has 0 saturated heterocycles. The Morgan fingerprint density at radius 3 is 2.93 bits per heavy atom. The third-order valence-electron chi connectivity index (χ3n) is 2.10. The Labute approximate surface area is 96.1 Å². The highest BCUT2D eigenvalue weighted by Crippen LogP contribution is 1.96. The number of nitrogens with zero attached hydrogens (tertiary/aromatic N) is 2. The van der Waals surface area contributed by atoms with Crippen molar-refractivity contribution < 1.29 is 0 Å². The summed E-state index contributed by atoms with van der Waals surface area (Å²) in [4.78, 5) is 0. The number of aryl methyl sites for hydroxylation is 2. The molecule has 15 heavy (non-hydrogen) atoms. The zero-order valence-corrected chi connectivity index (χ0v) is 10.1. The normalized spacial score (nSPS) is 10.0. The van der Waals surface area contributed by atoms with E-state index in [4.69, 9.17) is 12.2 Å². The highest BCUT2D eigenvalue weighted by Gasteiger charge is 1.96. The summed E-state index contributed by atoms with van der Waals surface area (Å²) in [7, 11) is 0. The van der Waals surface area contributed by atoms with Gasteiger partial charge in [-0.15, -0.1) is 0 Å². The Bertz CT molecular complexity index is 308. The van der Waals surface area contributed by atoms with E-state index >= 15 is 0 Å². The molecule has 4 nitrogen and oxygen atoms in total. The Morgan fingerprint density at radius 1 is 1.53 bits per heavy atom. The van der Waals surface area contributed by atoms with Crippen LogP contribution in [-0.4, -0.2) is 28.0 Å². The van der Waals surface area contributed by atoms with E-state index in [1.54, 1.807) is 0 Å². The molecule has 1 heterocycles. The average Bonchev–Trinajstić information content (AvgIpc) is 2.60. The van der Waals surface area contributed by atoms with Crippen molar-refractivity contribution in [3.8, 4) is 0 Å². The van der Waals surface area contributed by atoms with E-state index < -0.39 is 0 Å². The predicted octanol–water partition coefficient (Wildman–Crippen LogP) is 1.07. The van der Waals surface area contributed by atoms with Gasteiger partial charge in [-0.05, 0) is 38.6 Å². The van der Waals surface area contributed by atoms with Crippen LogP contribution in [0, 0.1) is 6.92 Å². The summed E-state index contributed by atoms with van der Waals surface area (Å²) in [5, 5.41) is 11.1. The fraction of sp³-hybridized carbons (Fsp3) is 0.600. The van der Waals surface area contributed by atoms with Gasteiger partial charge in [0.1, 0.15) is 0 Å². The third-order valence-corrected chi connectivity index (χ3v) is 2.39. The Kier molecular flexibility index (Phi) is 5.10. The standard InChI is InChI=1S/C10H18N4S/c1-3-11-10(15)12-6-4-8-14-9(2)5-7-13-14/h5,7H,3-4,6,8H2,1-2H3,(H2,11,12,15). The Hall–Kier alpha value is -1.10. The van der Waals surface area contributed by atoms with Crippen molar-refractivity contribution in [2.75, 3.05) is 13.1 Å². The quantitative estimate of drug-likeness (QED) is 0.582. The molecule has 0 amide bonds. The molecule has 0 bridgehead atoms. The zero-order chi connectivity index (χ0) is 11.1. The molecular formula is C10H18N4S. The lowest BCUT2D eigenvalue weighted by Crippen LogP contribution is -2.35. The maximum absolute atomic E-state index is 5.05. The predicted molar refractivity (Wildman–Crippen MR) is 65.9 cm³/mol. The molecule has 5 heteroatoms. The van der Waals surface area contributed by atoms with Crippen molar-refractivity contribution in [3.63, 3.8) is 0 Å². The van der Waals surface area contributed by atoms with Gasteiger partial charge in [0.2, 0.25) is 0 Å². The average molecular weight is 226 g/mol. The minimum atomic E-state index is 0.731. The van der Waals surface area contributed by atoms with Gasteiger partial charge >= 0.3 is 0 Å². The van der Waals surface area contributed by atoms with Crippen LogP contribution in [0.15, 0.2) is 12.3 Å². The van der Waals surface area contributed by atoms with E-state index in [0.29, 0.717) is 0 Å². The second-order valence-electron chi connectivity index (χ2n) is 3.34. The maximum Gasteiger partial charge on any atom is 0.166 e. The number of hydrogen-bond donors (Lipinski definition) is 2. The second kappa shape index (κ2) is 6.40. The smallest absolute Gasteiger partial charge is 0.166 e. The van der Waals surface area contributed by atoms with Crippen LogP contribution in [0.25, 0.3) is 0 Å². The topological polar surface area (TPSA) is 41.9 Å². The fourth-order valence-corrected chi connectivity index (χ4v) is 1.53. The van der Waals surface area contributed by atoms with Crippen molar-refractivity contribution in [1.29, 1.82) is 0 Å². The van der Waals surface area contributed by atoms with Gasteiger partial charge in [-0.1, -0.05) is 0 Å². The van der Waals surface area contributed by atoms with E-state index in [2.05, 4.69) is 22.7 Å². The first-order valence-corrected chi connectivity index (χ1v) is 5.65. The highest BCUT2D eigenvalue weighted by atomic mass is 32.1. The van der Waals surface area contributed by atoms with Crippen molar-refractivity contribution >= 4 is 17.3 Å². The molecule has 0 aromatic carbocycles. The number of rotatable bonds is 5. The van der Waals surface area contributed by atoms with Crippen LogP contribution in [0.2, 0.25) is 0 Å². The second-order valence-corrected chi connectivity index (χ2v) is 3.74. The molecule has 0 unspecified atom stereocenters. The van der Waals surface area contributed by atoms with Crippen LogP contribution in [0.5, 0.6) is 0 Å². The molecule has 0 aliphatic heterocycles. The summed E-state index contributed by atoms with van der Waals surface area (Å²) >= 11 is 5.05. The monoisotopic (exact) mass is 226 g/mol. The zero-order valence-electron chi connectivity index (χ0n) is 9.29. The summed E-state index contributed by atoms with van der Waals surface area (Å²) < 4.78 is 2.00. The first-order chi connectivity index (χ1) is 7.24. The first kappa shape index (κ1) is 12.0. The van der Waals surface area contributed by atoms with Gasteiger partial charge in [-0.3, -0.25) is 4.68 Å². The van der Waals surface area contributed by atoms with Gasteiger partial charge in [0.25, 0.3) is 0 Å². The molecule has 2 N–H and O–H groups in total. The molecule has 84 valence electrons. The summed E-state index contributed by atoms with van der Waals surface area (Å²) in [5.74, 6) is 0. The fourth-order valence-electron chi connectivity index (χ4n) is 1.29. The van der Waals surface area contributed by atoms with Crippen molar-refractivity contribution in [2.45, 2.75) is 26.8 Å². The minimum absolute atomic E-state index is 0.731. The van der Waals surface area contributed by atoms with Gasteiger partial charge < -0.3 is 10.6 Å². The molecule has 0 aliphatic rings. The first-order valence-electron chi connectivity index (χ1n) is 5.24. The summed E-state index contributed by atoms with van der Waals surface area (Å²) in [6.07, 6.45) is 2.85. The largest absolute Gasteiger partial charge is 0.363 e. The summed E-state index contributed by atoms with van der Waals surface area (Å²) in [5.41, 5.74) is 1.20. The van der Waals surface area contributed by atoms with Gasteiger partial charge in [0.15, 0.2) is 5.11 Å². The number of hydrogen-bond acceptors (Lipinski definition) is 2. The van der Waals surface area contributed by atoms with Crippen LogP contribution in [0.1, 0.15) is 19.0 Å². The summed E-state index contributed by atoms with van der Waals surface area (Å²) in [6.45, 7) is 6.76. The van der Waals surface area contributed by atoms with E-state index in [-0.39, 0.29) is 0 Å². The molecule has 0 fully saturated rings. The van der Waals surface area contributed by atoms with Gasteiger partial charge in [0, 0.05) is 31.5 Å². The molecule has 1 aromatic heterocycles.